The van der Waals surface area contributed by atoms with E-state index in [2.05, 4.69) is 32.2 Å². The van der Waals surface area contributed by atoms with Crippen molar-refractivity contribution in [2.75, 3.05) is 39.8 Å². The molecular weight excluding hydrogens is 326 g/mol. The molecule has 1 N–H and O–H groups in total. The summed E-state index contributed by atoms with van der Waals surface area (Å²) in [6.07, 6.45) is 6.91. The molecule has 0 spiro atoms. The van der Waals surface area contributed by atoms with Crippen molar-refractivity contribution >= 4 is 5.96 Å². The maximum Gasteiger partial charge on any atom is 0.193 e. The van der Waals surface area contributed by atoms with E-state index < -0.39 is 0 Å². The Morgan fingerprint density at radius 2 is 2.12 bits per heavy atom. The molecule has 1 saturated carbocycles. The molecule has 3 rings (SSSR count). The number of nitrogens with zero attached hydrogens (tertiary/aromatic N) is 4. The fourth-order valence-electron chi connectivity index (χ4n) is 4.38. The van der Waals surface area contributed by atoms with E-state index in [0.29, 0.717) is 0 Å². The second-order valence-corrected chi connectivity index (χ2v) is 8.09. The van der Waals surface area contributed by atoms with Gasteiger partial charge in [0.2, 0.25) is 0 Å². The molecule has 2 unspecified atom stereocenters. The second-order valence-electron chi connectivity index (χ2n) is 8.09. The summed E-state index contributed by atoms with van der Waals surface area (Å²) in [6, 6.07) is 2.03. The van der Waals surface area contributed by atoms with Gasteiger partial charge < -0.3 is 14.7 Å². The second kappa shape index (κ2) is 9.40. The Morgan fingerprint density at radius 3 is 2.77 bits per heavy atom. The summed E-state index contributed by atoms with van der Waals surface area (Å²) in [7, 11) is 1.90. The standard InChI is InChI=1S/C20H35N5O/c1-16-5-4-6-18(13-16)7-8-22-20(21-3)25-11-9-24(10-12-25)15-19-14-17(2)26-23-19/h14,16,18H,4-13,15H2,1-3H3,(H,21,22). The molecule has 0 aromatic carbocycles. The number of hydrogen-bond donors (Lipinski definition) is 1. The Morgan fingerprint density at radius 1 is 1.31 bits per heavy atom. The van der Waals surface area contributed by atoms with Crippen LogP contribution >= 0.6 is 0 Å². The summed E-state index contributed by atoms with van der Waals surface area (Å²) < 4.78 is 5.17. The van der Waals surface area contributed by atoms with Crippen LogP contribution in [0.25, 0.3) is 0 Å². The van der Waals surface area contributed by atoms with Gasteiger partial charge in [-0.05, 0) is 31.6 Å². The van der Waals surface area contributed by atoms with Crippen molar-refractivity contribution in [3.63, 3.8) is 0 Å². The van der Waals surface area contributed by atoms with Gasteiger partial charge in [0.15, 0.2) is 5.96 Å². The molecule has 0 bridgehead atoms. The number of hydrogen-bond acceptors (Lipinski definition) is 4. The van der Waals surface area contributed by atoms with Crippen molar-refractivity contribution in [3.8, 4) is 0 Å². The zero-order valence-electron chi connectivity index (χ0n) is 16.7. The van der Waals surface area contributed by atoms with Crippen LogP contribution in [0.15, 0.2) is 15.6 Å². The average molecular weight is 362 g/mol. The summed E-state index contributed by atoms with van der Waals surface area (Å²) in [4.78, 5) is 9.33. The molecule has 1 aromatic rings. The third kappa shape index (κ3) is 5.47. The smallest absolute Gasteiger partial charge is 0.193 e. The lowest BCUT2D eigenvalue weighted by molar-refractivity contribution is 0.168. The monoisotopic (exact) mass is 361 g/mol. The van der Waals surface area contributed by atoms with E-state index in [1.807, 2.05) is 20.0 Å². The fourth-order valence-corrected chi connectivity index (χ4v) is 4.38. The third-order valence-electron chi connectivity index (χ3n) is 5.83. The summed E-state index contributed by atoms with van der Waals surface area (Å²) in [6.45, 7) is 10.4. The SMILES string of the molecule is CN=C(NCCC1CCCC(C)C1)N1CCN(Cc2cc(C)on2)CC1. The lowest BCUT2D eigenvalue weighted by atomic mass is 9.81. The van der Waals surface area contributed by atoms with Crippen LogP contribution in [-0.4, -0.2) is 60.7 Å². The third-order valence-corrected chi connectivity index (χ3v) is 5.83. The molecule has 2 aliphatic rings. The Labute approximate surface area is 158 Å². The Bertz CT molecular complexity index is 577. The zero-order chi connectivity index (χ0) is 18.4. The summed E-state index contributed by atoms with van der Waals surface area (Å²) in [5.74, 6) is 3.75. The maximum absolute atomic E-state index is 5.17. The van der Waals surface area contributed by atoms with Crippen LogP contribution in [0.1, 0.15) is 50.5 Å². The topological polar surface area (TPSA) is 56.9 Å². The summed E-state index contributed by atoms with van der Waals surface area (Å²) >= 11 is 0. The lowest BCUT2D eigenvalue weighted by Gasteiger charge is -2.36. The first-order valence-corrected chi connectivity index (χ1v) is 10.2. The van der Waals surface area contributed by atoms with Crippen molar-refractivity contribution in [2.45, 2.75) is 52.5 Å². The summed E-state index contributed by atoms with van der Waals surface area (Å²) in [5.41, 5.74) is 1.03. The van der Waals surface area contributed by atoms with Crippen LogP contribution in [0.5, 0.6) is 0 Å². The Kier molecular flexibility index (Phi) is 6.94. The van der Waals surface area contributed by atoms with E-state index in [4.69, 9.17) is 4.52 Å². The number of piperazine rings is 1. The van der Waals surface area contributed by atoms with Gasteiger partial charge in [-0.1, -0.05) is 31.3 Å². The molecule has 26 heavy (non-hydrogen) atoms. The molecule has 6 heteroatoms. The van der Waals surface area contributed by atoms with Crippen LogP contribution in [0.3, 0.4) is 0 Å². The molecule has 2 heterocycles. The largest absolute Gasteiger partial charge is 0.361 e. The fraction of sp³-hybridized carbons (Fsp3) is 0.800. The van der Waals surface area contributed by atoms with Crippen molar-refractivity contribution in [3.05, 3.63) is 17.5 Å². The van der Waals surface area contributed by atoms with Crippen LogP contribution in [0.4, 0.5) is 0 Å². The number of aryl methyl sites for hydroxylation is 1. The van der Waals surface area contributed by atoms with Gasteiger partial charge >= 0.3 is 0 Å². The first kappa shape index (κ1) is 19.2. The molecule has 2 fully saturated rings. The Hall–Kier alpha value is -1.56. The highest BCUT2D eigenvalue weighted by molar-refractivity contribution is 5.79. The Balaban J connectivity index is 1.38. The highest BCUT2D eigenvalue weighted by Crippen LogP contribution is 2.30. The zero-order valence-corrected chi connectivity index (χ0v) is 16.7. The van der Waals surface area contributed by atoms with E-state index in [1.54, 1.807) is 0 Å². The van der Waals surface area contributed by atoms with Gasteiger partial charge in [-0.2, -0.15) is 0 Å². The van der Waals surface area contributed by atoms with Gasteiger partial charge in [-0.25, -0.2) is 0 Å². The van der Waals surface area contributed by atoms with Crippen LogP contribution in [0.2, 0.25) is 0 Å². The number of aliphatic imine (C=N–C) groups is 1. The predicted octanol–water partition coefficient (Wildman–Crippen LogP) is 2.89. The van der Waals surface area contributed by atoms with Crippen molar-refractivity contribution in [1.82, 2.24) is 20.3 Å². The molecule has 1 aliphatic heterocycles. The van der Waals surface area contributed by atoms with Gasteiger partial charge in [-0.3, -0.25) is 9.89 Å². The molecule has 1 aromatic heterocycles. The van der Waals surface area contributed by atoms with Gasteiger partial charge in [-0.15, -0.1) is 0 Å². The minimum absolute atomic E-state index is 0.872. The van der Waals surface area contributed by atoms with Crippen molar-refractivity contribution in [1.29, 1.82) is 0 Å². The first-order chi connectivity index (χ1) is 12.6. The minimum atomic E-state index is 0.872. The normalized spacial score (nSPS) is 25.5. The van der Waals surface area contributed by atoms with E-state index in [0.717, 1.165) is 68.5 Å². The lowest BCUT2D eigenvalue weighted by Crippen LogP contribution is -2.52. The molecule has 0 radical (unpaired) electrons. The molecule has 2 atom stereocenters. The van der Waals surface area contributed by atoms with Gasteiger partial charge in [0, 0.05) is 52.4 Å². The molecule has 0 amide bonds. The average Bonchev–Trinajstić information content (AvgIpc) is 3.04. The molecular formula is C20H35N5O. The molecule has 146 valence electrons. The number of rotatable bonds is 5. The van der Waals surface area contributed by atoms with E-state index in [9.17, 15) is 0 Å². The van der Waals surface area contributed by atoms with Crippen LogP contribution < -0.4 is 5.32 Å². The molecule has 1 aliphatic carbocycles. The van der Waals surface area contributed by atoms with Crippen molar-refractivity contribution < 1.29 is 4.52 Å². The van der Waals surface area contributed by atoms with Crippen molar-refractivity contribution in [2.24, 2.45) is 16.8 Å². The van der Waals surface area contributed by atoms with Gasteiger partial charge in [0.25, 0.3) is 0 Å². The van der Waals surface area contributed by atoms with E-state index in [-0.39, 0.29) is 0 Å². The van der Waals surface area contributed by atoms with E-state index in [1.165, 1.54) is 32.1 Å². The number of aromatic nitrogens is 1. The predicted molar refractivity (Wildman–Crippen MR) is 105 cm³/mol. The van der Waals surface area contributed by atoms with Crippen LogP contribution in [0, 0.1) is 18.8 Å². The minimum Gasteiger partial charge on any atom is -0.361 e. The highest BCUT2D eigenvalue weighted by atomic mass is 16.5. The van der Waals surface area contributed by atoms with Crippen LogP contribution in [-0.2, 0) is 6.54 Å². The van der Waals surface area contributed by atoms with Gasteiger partial charge in [0.05, 0.1) is 5.69 Å². The highest BCUT2D eigenvalue weighted by Gasteiger charge is 2.22. The quantitative estimate of drug-likeness (QED) is 0.645. The van der Waals surface area contributed by atoms with Gasteiger partial charge in [0.1, 0.15) is 5.76 Å². The number of guanidine groups is 1. The maximum atomic E-state index is 5.17. The number of nitrogens with one attached hydrogen (secondary N) is 1. The molecule has 1 saturated heterocycles. The summed E-state index contributed by atoms with van der Waals surface area (Å²) in [5, 5.41) is 7.70. The van der Waals surface area contributed by atoms with E-state index >= 15 is 0 Å². The molecule has 6 nitrogen and oxygen atoms in total. The first-order valence-electron chi connectivity index (χ1n) is 10.2.